The summed E-state index contributed by atoms with van der Waals surface area (Å²) < 4.78 is 50.9. The lowest BCUT2D eigenvalue weighted by molar-refractivity contribution is -0.137. The average molecular weight is 355 g/mol. The highest BCUT2D eigenvalue weighted by molar-refractivity contribution is 5.68. The zero-order valence-electron chi connectivity index (χ0n) is 14.5. The molecule has 0 N–H and O–H groups in total. The maximum atomic E-state index is 13.4. The molecule has 136 valence electrons. The highest BCUT2D eigenvalue weighted by Crippen LogP contribution is 2.39. The molecule has 0 fully saturated rings. The lowest BCUT2D eigenvalue weighted by Crippen LogP contribution is -2.21. The number of hydrogen-bond acceptors (Lipinski definition) is 5. The number of halogens is 3. The van der Waals surface area contributed by atoms with Crippen molar-refractivity contribution in [2.45, 2.75) is 32.5 Å². The van der Waals surface area contributed by atoms with Gasteiger partial charge in [0.15, 0.2) is 5.82 Å². The van der Waals surface area contributed by atoms with Gasteiger partial charge in [-0.3, -0.25) is 0 Å². The molecule has 0 spiro atoms. The van der Waals surface area contributed by atoms with Gasteiger partial charge in [0.05, 0.1) is 18.9 Å². The molecule has 8 heteroatoms. The van der Waals surface area contributed by atoms with E-state index in [9.17, 15) is 13.2 Å². The van der Waals surface area contributed by atoms with Gasteiger partial charge in [0.2, 0.25) is 0 Å². The van der Waals surface area contributed by atoms with Crippen molar-refractivity contribution < 1.29 is 22.6 Å². The molecule has 0 bridgehead atoms. The minimum absolute atomic E-state index is 0.0981. The van der Waals surface area contributed by atoms with Crippen LogP contribution in [0.1, 0.15) is 25.8 Å². The van der Waals surface area contributed by atoms with Crippen molar-refractivity contribution >= 4 is 11.5 Å². The van der Waals surface area contributed by atoms with Gasteiger partial charge >= 0.3 is 12.2 Å². The van der Waals surface area contributed by atoms with E-state index in [0.29, 0.717) is 17.9 Å². The fourth-order valence-corrected chi connectivity index (χ4v) is 2.15. The van der Waals surface area contributed by atoms with Crippen LogP contribution in [0.25, 0.3) is 0 Å². The molecule has 1 aromatic heterocycles. The Bertz CT molecular complexity index is 723. The van der Waals surface area contributed by atoms with E-state index < -0.39 is 11.7 Å². The van der Waals surface area contributed by atoms with Gasteiger partial charge in [0, 0.05) is 13.2 Å². The lowest BCUT2D eigenvalue weighted by atomic mass is 10.2. The summed E-state index contributed by atoms with van der Waals surface area (Å²) >= 11 is 0. The van der Waals surface area contributed by atoms with E-state index in [-0.39, 0.29) is 17.9 Å². The number of aromatic nitrogens is 2. The average Bonchev–Trinajstić information content (AvgIpc) is 2.59. The van der Waals surface area contributed by atoms with Gasteiger partial charge in [-0.2, -0.15) is 18.2 Å². The molecule has 25 heavy (non-hydrogen) atoms. The Morgan fingerprint density at radius 2 is 1.92 bits per heavy atom. The van der Waals surface area contributed by atoms with E-state index in [4.69, 9.17) is 9.47 Å². The second-order valence-electron chi connectivity index (χ2n) is 5.46. The van der Waals surface area contributed by atoms with Crippen LogP contribution in [-0.4, -0.2) is 30.2 Å². The molecule has 0 radical (unpaired) electrons. The van der Waals surface area contributed by atoms with Crippen LogP contribution in [0, 0.1) is 0 Å². The molecule has 0 aliphatic heterocycles. The van der Waals surface area contributed by atoms with E-state index in [0.717, 1.165) is 6.20 Å². The fourth-order valence-electron chi connectivity index (χ4n) is 2.15. The molecule has 5 nitrogen and oxygen atoms in total. The Kier molecular flexibility index (Phi) is 5.71. The first kappa shape index (κ1) is 18.8. The standard InChI is InChI=1S/C17H20F3N3O2/c1-5-11(2)25-16-21-10-12(17(18,19)20)15(22-16)23(3)13-8-6-7-9-14(13)24-4/h6-11H,5H2,1-4H3. The van der Waals surface area contributed by atoms with E-state index in [2.05, 4.69) is 9.97 Å². The van der Waals surface area contributed by atoms with E-state index in [1.54, 1.807) is 31.2 Å². The van der Waals surface area contributed by atoms with E-state index in [1.807, 2.05) is 6.92 Å². The van der Waals surface area contributed by atoms with Crippen molar-refractivity contribution in [1.82, 2.24) is 9.97 Å². The Morgan fingerprint density at radius 3 is 2.52 bits per heavy atom. The van der Waals surface area contributed by atoms with Crippen molar-refractivity contribution in [2.24, 2.45) is 0 Å². The molecule has 2 rings (SSSR count). The van der Waals surface area contributed by atoms with Crippen LogP contribution in [0.15, 0.2) is 30.5 Å². The van der Waals surface area contributed by atoms with Gasteiger partial charge in [0.1, 0.15) is 11.3 Å². The summed E-state index contributed by atoms with van der Waals surface area (Å²) in [4.78, 5) is 9.01. The zero-order valence-corrected chi connectivity index (χ0v) is 14.5. The maximum absolute atomic E-state index is 13.4. The van der Waals surface area contributed by atoms with Gasteiger partial charge in [-0.25, -0.2) is 4.98 Å². The third kappa shape index (κ3) is 4.32. The zero-order chi connectivity index (χ0) is 18.6. The number of anilines is 2. The number of hydrogen-bond donors (Lipinski definition) is 0. The molecule has 0 aliphatic carbocycles. The van der Waals surface area contributed by atoms with Crippen LogP contribution in [0.4, 0.5) is 24.7 Å². The van der Waals surface area contributed by atoms with Crippen LogP contribution in [0.5, 0.6) is 11.8 Å². The van der Waals surface area contributed by atoms with Crippen molar-refractivity contribution in [3.63, 3.8) is 0 Å². The number of nitrogens with zero attached hydrogens (tertiary/aromatic N) is 3. The second kappa shape index (κ2) is 7.58. The fraction of sp³-hybridized carbons (Fsp3) is 0.412. The topological polar surface area (TPSA) is 47.5 Å². The third-order valence-corrected chi connectivity index (χ3v) is 3.70. The SMILES string of the molecule is CCC(C)Oc1ncc(C(F)(F)F)c(N(C)c2ccccc2OC)n1. The number of methoxy groups -OCH3 is 1. The monoisotopic (exact) mass is 355 g/mol. The molecule has 1 atom stereocenters. The largest absolute Gasteiger partial charge is 0.495 e. The summed E-state index contributed by atoms with van der Waals surface area (Å²) in [7, 11) is 2.94. The van der Waals surface area contributed by atoms with E-state index >= 15 is 0 Å². The van der Waals surface area contributed by atoms with Crippen LogP contribution in [0.3, 0.4) is 0 Å². The first-order valence-electron chi connectivity index (χ1n) is 7.75. The first-order valence-corrected chi connectivity index (χ1v) is 7.75. The maximum Gasteiger partial charge on any atom is 0.421 e. The predicted molar refractivity (Wildman–Crippen MR) is 88.5 cm³/mol. The predicted octanol–water partition coefficient (Wildman–Crippen LogP) is 4.45. The van der Waals surface area contributed by atoms with Crippen molar-refractivity contribution in [3.8, 4) is 11.8 Å². The third-order valence-electron chi connectivity index (χ3n) is 3.70. The van der Waals surface area contributed by atoms with Crippen LogP contribution in [-0.2, 0) is 6.18 Å². The second-order valence-corrected chi connectivity index (χ2v) is 5.46. The summed E-state index contributed by atoms with van der Waals surface area (Å²) in [5.41, 5.74) is -0.499. The van der Waals surface area contributed by atoms with Gasteiger partial charge in [0.25, 0.3) is 0 Å². The molecule has 0 aliphatic rings. The Hall–Kier alpha value is -2.51. The number of alkyl halides is 3. The van der Waals surface area contributed by atoms with Crippen molar-refractivity contribution in [1.29, 1.82) is 0 Å². The number of para-hydroxylation sites is 2. The number of ether oxygens (including phenoxy) is 2. The van der Waals surface area contributed by atoms with Gasteiger partial charge < -0.3 is 14.4 Å². The summed E-state index contributed by atoms with van der Waals surface area (Å²) in [5.74, 6) is 0.131. The summed E-state index contributed by atoms with van der Waals surface area (Å²) in [6.07, 6.45) is -3.38. The Morgan fingerprint density at radius 1 is 1.24 bits per heavy atom. The minimum Gasteiger partial charge on any atom is -0.495 e. The molecular weight excluding hydrogens is 335 g/mol. The summed E-state index contributed by atoms with van der Waals surface area (Å²) in [6.45, 7) is 3.70. The molecule has 2 aromatic rings. The molecule has 0 amide bonds. The van der Waals surface area contributed by atoms with Crippen LogP contribution >= 0.6 is 0 Å². The summed E-state index contributed by atoms with van der Waals surface area (Å²) in [6, 6.07) is 6.66. The highest BCUT2D eigenvalue weighted by Gasteiger charge is 2.37. The quantitative estimate of drug-likeness (QED) is 0.766. The molecular formula is C17H20F3N3O2. The number of benzene rings is 1. The minimum atomic E-state index is -4.60. The van der Waals surface area contributed by atoms with Gasteiger partial charge in [-0.15, -0.1) is 0 Å². The lowest BCUT2D eigenvalue weighted by Gasteiger charge is -2.24. The molecule has 1 unspecified atom stereocenters. The number of rotatable bonds is 6. The molecule has 1 aromatic carbocycles. The Balaban J connectivity index is 2.53. The van der Waals surface area contributed by atoms with Gasteiger partial charge in [-0.05, 0) is 25.5 Å². The van der Waals surface area contributed by atoms with Crippen LogP contribution < -0.4 is 14.4 Å². The summed E-state index contributed by atoms with van der Waals surface area (Å²) in [5, 5.41) is 0. The smallest absolute Gasteiger partial charge is 0.421 e. The van der Waals surface area contributed by atoms with E-state index in [1.165, 1.54) is 19.1 Å². The van der Waals surface area contributed by atoms with Crippen molar-refractivity contribution in [3.05, 3.63) is 36.0 Å². The highest BCUT2D eigenvalue weighted by atomic mass is 19.4. The first-order chi connectivity index (χ1) is 11.8. The normalized spacial score (nSPS) is 12.6. The molecule has 0 saturated heterocycles. The van der Waals surface area contributed by atoms with Gasteiger partial charge in [-0.1, -0.05) is 19.1 Å². The molecule has 1 heterocycles. The molecule has 0 saturated carbocycles. The van der Waals surface area contributed by atoms with Crippen molar-refractivity contribution in [2.75, 3.05) is 19.1 Å². The Labute approximate surface area is 144 Å². The van der Waals surface area contributed by atoms with Crippen LogP contribution in [0.2, 0.25) is 0 Å².